The molecule has 0 saturated heterocycles. The molecule has 1 aliphatic carbocycles. The largest absolute Gasteiger partial charge is 0.457 e. The fourth-order valence-corrected chi connectivity index (χ4v) is 7.88. The van der Waals surface area contributed by atoms with Crippen LogP contribution >= 0.6 is 0 Å². The molecule has 3 heterocycles. The zero-order valence-electron chi connectivity index (χ0n) is 29.7. The van der Waals surface area contributed by atoms with Crippen molar-refractivity contribution in [1.82, 2.24) is 19.3 Å². The van der Waals surface area contributed by atoms with Gasteiger partial charge < -0.3 is 4.74 Å². The Hall–Kier alpha value is -4.64. The minimum atomic E-state index is 0.335. The summed E-state index contributed by atoms with van der Waals surface area (Å²) in [6, 6.07) is 26.0. The summed E-state index contributed by atoms with van der Waals surface area (Å²) in [5.41, 5.74) is 10.9. The lowest BCUT2D eigenvalue weighted by Crippen LogP contribution is -2.16. The summed E-state index contributed by atoms with van der Waals surface area (Å²) in [4.78, 5) is 4.85. The molecule has 0 spiro atoms. The van der Waals surface area contributed by atoms with Crippen molar-refractivity contribution < 1.29 is 4.74 Å². The van der Waals surface area contributed by atoms with Crippen LogP contribution in [0.25, 0.3) is 33.3 Å². The maximum atomic E-state index is 6.75. The fourth-order valence-electron chi connectivity index (χ4n) is 7.88. The molecule has 1 aliphatic rings. The fraction of sp³-hybridized carbons (Fsp3) is 0.349. The van der Waals surface area contributed by atoms with Crippen LogP contribution in [0, 0.1) is 25.7 Å². The minimum absolute atomic E-state index is 0.335. The molecule has 0 radical (unpaired) electrons. The highest BCUT2D eigenvalue weighted by atomic mass is 16.5. The van der Waals surface area contributed by atoms with Gasteiger partial charge in [-0.05, 0) is 111 Å². The van der Waals surface area contributed by atoms with Crippen LogP contribution < -0.4 is 4.74 Å². The molecule has 0 bridgehead atoms. The zero-order chi connectivity index (χ0) is 33.7. The zero-order valence-corrected chi connectivity index (χ0v) is 29.7. The van der Waals surface area contributed by atoms with Gasteiger partial charge in [-0.1, -0.05) is 64.5 Å². The molecule has 7 rings (SSSR count). The van der Waals surface area contributed by atoms with E-state index in [2.05, 4.69) is 144 Å². The average Bonchev–Trinajstić information content (AvgIpc) is 3.53. The summed E-state index contributed by atoms with van der Waals surface area (Å²) >= 11 is 0. The Labute approximate surface area is 285 Å². The molecule has 0 saturated carbocycles. The second kappa shape index (κ2) is 12.8. The van der Waals surface area contributed by atoms with E-state index in [1.54, 1.807) is 0 Å². The molecule has 1 unspecified atom stereocenters. The van der Waals surface area contributed by atoms with Crippen molar-refractivity contribution in [2.45, 2.75) is 86.5 Å². The Kier molecular flexibility index (Phi) is 8.49. The highest BCUT2D eigenvalue weighted by Crippen LogP contribution is 2.42. The number of ether oxygens (including phenoxy) is 1. The van der Waals surface area contributed by atoms with Crippen molar-refractivity contribution in [3.05, 3.63) is 119 Å². The molecule has 6 aromatic rings. The lowest BCUT2D eigenvalue weighted by Gasteiger charge is -2.29. The summed E-state index contributed by atoms with van der Waals surface area (Å²) in [5.74, 6) is 4.46. The third-order valence-corrected chi connectivity index (χ3v) is 10.2. The predicted octanol–water partition coefficient (Wildman–Crippen LogP) is 11.6. The minimum Gasteiger partial charge on any atom is -0.457 e. The van der Waals surface area contributed by atoms with E-state index in [1.807, 2.05) is 6.20 Å². The molecule has 246 valence electrons. The van der Waals surface area contributed by atoms with Crippen LogP contribution in [-0.2, 0) is 6.42 Å². The first-order valence-corrected chi connectivity index (χ1v) is 17.6. The molecule has 2 atom stereocenters. The van der Waals surface area contributed by atoms with Crippen molar-refractivity contribution in [2.75, 3.05) is 0 Å². The molecule has 0 N–H and O–H groups in total. The van der Waals surface area contributed by atoms with Gasteiger partial charge in [0.1, 0.15) is 17.3 Å². The van der Waals surface area contributed by atoms with E-state index < -0.39 is 0 Å². The van der Waals surface area contributed by atoms with Crippen LogP contribution in [0.4, 0.5) is 0 Å². The molecule has 5 nitrogen and oxygen atoms in total. The summed E-state index contributed by atoms with van der Waals surface area (Å²) in [6.07, 6.45) is 7.75. The number of hydrogen-bond acceptors (Lipinski definition) is 3. The number of nitrogens with zero attached hydrogens (tertiary/aromatic N) is 4. The Morgan fingerprint density at radius 2 is 1.65 bits per heavy atom. The first-order valence-electron chi connectivity index (χ1n) is 17.6. The first kappa shape index (κ1) is 31.9. The van der Waals surface area contributed by atoms with Crippen LogP contribution in [0.3, 0.4) is 0 Å². The summed E-state index contributed by atoms with van der Waals surface area (Å²) in [7, 11) is 0. The van der Waals surface area contributed by atoms with Crippen molar-refractivity contribution in [3.63, 3.8) is 0 Å². The second-order valence-corrected chi connectivity index (χ2v) is 14.6. The highest BCUT2D eigenvalue weighted by molar-refractivity contribution is 6.09. The number of rotatable bonds is 8. The number of fused-ring (bicyclic) bond motifs is 3. The van der Waals surface area contributed by atoms with Crippen LogP contribution in [0.2, 0.25) is 0 Å². The maximum absolute atomic E-state index is 6.75. The first-order chi connectivity index (χ1) is 23.1. The molecule has 5 heteroatoms. The Morgan fingerprint density at radius 1 is 0.854 bits per heavy atom. The molecular formula is C43H48N4O. The van der Waals surface area contributed by atoms with Crippen LogP contribution in [-0.4, -0.2) is 19.3 Å². The average molecular weight is 637 g/mol. The molecule has 3 aromatic heterocycles. The number of aryl methyl sites for hydroxylation is 1. The topological polar surface area (TPSA) is 44.9 Å². The van der Waals surface area contributed by atoms with Gasteiger partial charge in [-0.25, -0.2) is 9.67 Å². The Morgan fingerprint density at radius 3 is 2.42 bits per heavy atom. The van der Waals surface area contributed by atoms with Gasteiger partial charge in [0.25, 0.3) is 0 Å². The van der Waals surface area contributed by atoms with E-state index in [1.165, 1.54) is 51.6 Å². The van der Waals surface area contributed by atoms with Gasteiger partial charge in [-0.15, -0.1) is 0 Å². The van der Waals surface area contributed by atoms with Crippen LogP contribution in [0.5, 0.6) is 11.5 Å². The predicted molar refractivity (Wildman–Crippen MR) is 199 cm³/mol. The standard InChI is InChI=1S/C43H48N4O/c1-26(2)20-32-18-19-44-41(21-32)46-39-15-10-9-14-37(39)38-17-16-35(25-40(38)46)48-36-23-33(27(3)4)22-34(24-36)47-31(8)43(30(7)45-47)42-28(5)12-11-13-29(42)6/h9-10,12,14-19,21-27,29,42H,11,13,20H2,1-8H3/t29-,42?/m0/s1. The normalized spacial score (nSPS) is 16.8. The van der Waals surface area contributed by atoms with Gasteiger partial charge in [0.05, 0.1) is 22.4 Å². The number of benzene rings is 3. The smallest absolute Gasteiger partial charge is 0.137 e. The third kappa shape index (κ3) is 5.85. The summed E-state index contributed by atoms with van der Waals surface area (Å²) < 4.78 is 11.2. The quantitative estimate of drug-likeness (QED) is 0.156. The Bertz CT molecular complexity index is 2160. The molecule has 0 aliphatic heterocycles. The number of hydrogen-bond donors (Lipinski definition) is 0. The van der Waals surface area contributed by atoms with Gasteiger partial charge in [0.2, 0.25) is 0 Å². The van der Waals surface area contributed by atoms with Gasteiger partial charge in [0, 0.05) is 46.3 Å². The number of para-hydroxylation sites is 1. The molecule has 0 fully saturated rings. The van der Waals surface area contributed by atoms with E-state index in [0.717, 1.165) is 46.2 Å². The van der Waals surface area contributed by atoms with E-state index >= 15 is 0 Å². The van der Waals surface area contributed by atoms with Gasteiger partial charge in [-0.2, -0.15) is 5.10 Å². The van der Waals surface area contributed by atoms with Crippen molar-refractivity contribution in [3.8, 4) is 23.0 Å². The molecule has 3 aromatic carbocycles. The van der Waals surface area contributed by atoms with Gasteiger partial charge >= 0.3 is 0 Å². The van der Waals surface area contributed by atoms with Gasteiger partial charge in [0.15, 0.2) is 0 Å². The van der Waals surface area contributed by atoms with E-state index in [4.69, 9.17) is 14.8 Å². The van der Waals surface area contributed by atoms with E-state index in [-0.39, 0.29) is 0 Å². The van der Waals surface area contributed by atoms with Crippen LogP contribution in [0.1, 0.15) is 94.3 Å². The lowest BCUT2D eigenvalue weighted by atomic mass is 9.75. The van der Waals surface area contributed by atoms with Crippen molar-refractivity contribution >= 4 is 21.8 Å². The van der Waals surface area contributed by atoms with Crippen molar-refractivity contribution in [1.29, 1.82) is 0 Å². The summed E-state index contributed by atoms with van der Waals surface area (Å²) in [5, 5.41) is 7.52. The van der Waals surface area contributed by atoms with E-state index in [0.29, 0.717) is 23.7 Å². The monoisotopic (exact) mass is 636 g/mol. The van der Waals surface area contributed by atoms with E-state index in [9.17, 15) is 0 Å². The maximum Gasteiger partial charge on any atom is 0.137 e. The number of aromatic nitrogens is 4. The number of allylic oxidation sites excluding steroid dienone is 2. The van der Waals surface area contributed by atoms with Gasteiger partial charge in [-0.3, -0.25) is 4.57 Å². The lowest BCUT2D eigenvalue weighted by molar-refractivity contribution is 0.447. The van der Waals surface area contributed by atoms with Crippen LogP contribution in [0.15, 0.2) is 90.6 Å². The molecular weight excluding hydrogens is 589 g/mol. The SMILES string of the molecule is CC1=CCC[C@H](C)C1c1c(C)nn(-c2cc(Oc3ccc4c5ccccc5n(-c5cc(CC(C)C)ccn5)c4c3)cc(C(C)C)c2)c1C. The Balaban J connectivity index is 1.31. The highest BCUT2D eigenvalue weighted by Gasteiger charge is 2.29. The molecule has 48 heavy (non-hydrogen) atoms. The summed E-state index contributed by atoms with van der Waals surface area (Å²) in [6.45, 7) is 18.0. The second-order valence-electron chi connectivity index (χ2n) is 14.6. The molecule has 0 amide bonds. The third-order valence-electron chi connectivity index (χ3n) is 10.2. The van der Waals surface area contributed by atoms with Crippen molar-refractivity contribution in [2.24, 2.45) is 11.8 Å². The number of pyridine rings is 1.